The zero-order valence-electron chi connectivity index (χ0n) is 19.1. The zero-order valence-corrected chi connectivity index (χ0v) is 21.2. The molecule has 5 nitrogen and oxygen atoms in total. The Morgan fingerprint density at radius 3 is 2.59 bits per heavy atom. The second-order valence-electron chi connectivity index (χ2n) is 9.00. The van der Waals surface area contributed by atoms with Crippen molar-refractivity contribution < 1.29 is 7.46 Å². The number of nitrogens with zero attached hydrogens (tertiary/aromatic N) is 3. The number of imidazole rings is 1. The van der Waals surface area contributed by atoms with E-state index in [0.717, 1.165) is 80.0 Å². The van der Waals surface area contributed by atoms with Crippen LogP contribution in [0.4, 0.5) is 10.3 Å². The third-order valence-electron chi connectivity index (χ3n) is 6.68. The molecule has 5 rings (SSSR count). The minimum Gasteiger partial charge on any atom is -0.423 e. The molecule has 3 aromatic rings. The fourth-order valence-corrected chi connectivity index (χ4v) is 5.02. The first-order chi connectivity index (χ1) is 16.7. The van der Waals surface area contributed by atoms with Crippen molar-refractivity contribution in [1.29, 1.82) is 0 Å². The van der Waals surface area contributed by atoms with Gasteiger partial charge in [-0.3, -0.25) is 0 Å². The van der Waals surface area contributed by atoms with Crippen LogP contribution in [0.5, 0.6) is 0 Å². The number of allylic oxidation sites excluding steroid dienone is 1. The Balaban J connectivity index is 1.22. The van der Waals surface area contributed by atoms with Crippen LogP contribution < -0.4 is 5.32 Å². The second kappa shape index (κ2) is 10.8. The Morgan fingerprint density at radius 2 is 1.85 bits per heavy atom. The highest BCUT2D eigenvalue weighted by Crippen LogP contribution is 2.25. The van der Waals surface area contributed by atoms with E-state index in [1.54, 1.807) is 0 Å². The van der Waals surface area contributed by atoms with Gasteiger partial charge in [0.15, 0.2) is 28.8 Å². The van der Waals surface area contributed by atoms with Gasteiger partial charge >= 0.3 is 0 Å². The van der Waals surface area contributed by atoms with Gasteiger partial charge < -0.3 is 17.9 Å². The molecule has 0 saturated carbocycles. The highest BCUT2D eigenvalue weighted by Gasteiger charge is 2.22. The molecule has 1 aliphatic carbocycles. The zero-order chi connectivity index (χ0) is 23.3. The molecule has 0 atom stereocenters. The molecule has 1 N–H and O–H groups in total. The third-order valence-corrected chi connectivity index (χ3v) is 7.22. The number of piperidine rings is 1. The Hall–Kier alpha value is -2.57. The average molecular weight is 570 g/mol. The smallest absolute Gasteiger partial charge is 0.204 e. The Morgan fingerprint density at radius 1 is 1.06 bits per heavy atom. The number of para-hydroxylation sites is 2. The molecule has 34 heavy (non-hydrogen) atoms. The fraction of sp³-hybridized carbons (Fsp3) is 0.370. The third kappa shape index (κ3) is 5.56. The number of fused-ring (bicyclic) bond motifs is 1. The van der Waals surface area contributed by atoms with Crippen molar-refractivity contribution in [3.8, 4) is 0 Å². The SMILES string of the molecule is Fc1ccc(Cn2c(NC3CCN(CCC4=C=C=C(OI)CC4)CC3)nc3ccccc32)cc1. The molecular weight excluding hydrogens is 542 g/mol. The summed E-state index contributed by atoms with van der Waals surface area (Å²) >= 11 is 1.91. The standard InChI is InChI=1S/C27H28FIN4O/c28-22-9-5-21(6-10-22)19-33-26-4-2-1-3-25(26)31-27(33)30-23-14-17-32(18-15-23)16-13-20-7-11-24(34-29)12-8-20/h1-6,9-10,23H,7,11,13-19H2,(H,30,31). The molecular formula is C27H28FIN4O. The van der Waals surface area contributed by atoms with Gasteiger partial charge in [-0.15, -0.1) is 0 Å². The van der Waals surface area contributed by atoms with E-state index in [4.69, 9.17) is 8.05 Å². The number of aromatic nitrogens is 2. The van der Waals surface area contributed by atoms with E-state index in [-0.39, 0.29) is 5.82 Å². The maximum absolute atomic E-state index is 13.4. The Kier molecular flexibility index (Phi) is 7.36. The average Bonchev–Trinajstić information content (AvgIpc) is 3.22. The molecule has 2 aliphatic rings. The van der Waals surface area contributed by atoms with E-state index in [1.807, 2.05) is 53.3 Å². The van der Waals surface area contributed by atoms with Crippen molar-refractivity contribution in [2.75, 3.05) is 25.0 Å². The van der Waals surface area contributed by atoms with Gasteiger partial charge in [0.1, 0.15) is 5.82 Å². The van der Waals surface area contributed by atoms with Gasteiger partial charge in [-0.05, 0) is 66.8 Å². The molecule has 1 fully saturated rings. The minimum atomic E-state index is -0.212. The first-order valence-electron chi connectivity index (χ1n) is 11.9. The number of anilines is 1. The van der Waals surface area contributed by atoms with E-state index < -0.39 is 0 Å². The van der Waals surface area contributed by atoms with Crippen LogP contribution in [0.2, 0.25) is 0 Å². The van der Waals surface area contributed by atoms with Gasteiger partial charge in [-0.1, -0.05) is 30.0 Å². The van der Waals surface area contributed by atoms with Gasteiger partial charge in [-0.25, -0.2) is 9.37 Å². The summed E-state index contributed by atoms with van der Waals surface area (Å²) in [6, 6.07) is 15.3. The van der Waals surface area contributed by atoms with Crippen LogP contribution in [-0.2, 0) is 9.61 Å². The predicted molar refractivity (Wildman–Crippen MR) is 141 cm³/mol. The number of hydrogen-bond donors (Lipinski definition) is 1. The summed E-state index contributed by atoms with van der Waals surface area (Å²) in [7, 11) is 0. The molecule has 0 amide bonds. The van der Waals surface area contributed by atoms with E-state index in [1.165, 1.54) is 17.7 Å². The van der Waals surface area contributed by atoms with Crippen molar-refractivity contribution in [3.05, 3.63) is 82.7 Å². The second-order valence-corrected chi connectivity index (χ2v) is 9.44. The van der Waals surface area contributed by atoms with Gasteiger partial charge in [0.2, 0.25) is 5.95 Å². The van der Waals surface area contributed by atoms with E-state index in [2.05, 4.69) is 32.3 Å². The lowest BCUT2D eigenvalue weighted by molar-refractivity contribution is 0.220. The molecule has 0 radical (unpaired) electrons. The van der Waals surface area contributed by atoms with Gasteiger partial charge in [0.25, 0.3) is 0 Å². The molecule has 0 unspecified atom stereocenters. The number of hydrogen-bond acceptors (Lipinski definition) is 4. The van der Waals surface area contributed by atoms with E-state index in [0.29, 0.717) is 12.6 Å². The van der Waals surface area contributed by atoms with Crippen LogP contribution in [0.1, 0.15) is 37.7 Å². The topological polar surface area (TPSA) is 42.3 Å². The van der Waals surface area contributed by atoms with Gasteiger partial charge in [0, 0.05) is 32.1 Å². The summed E-state index contributed by atoms with van der Waals surface area (Å²) in [6.45, 7) is 3.87. The molecule has 2 heterocycles. The summed E-state index contributed by atoms with van der Waals surface area (Å²) in [4.78, 5) is 7.43. The van der Waals surface area contributed by atoms with Crippen molar-refractivity contribution in [1.82, 2.24) is 14.5 Å². The normalized spacial score (nSPS) is 17.0. The van der Waals surface area contributed by atoms with Crippen molar-refractivity contribution in [2.24, 2.45) is 0 Å². The van der Waals surface area contributed by atoms with Crippen molar-refractivity contribution in [3.63, 3.8) is 0 Å². The van der Waals surface area contributed by atoms with Crippen LogP contribution >= 0.6 is 23.0 Å². The lowest BCUT2D eigenvalue weighted by Crippen LogP contribution is -2.40. The van der Waals surface area contributed by atoms with Crippen molar-refractivity contribution in [2.45, 2.75) is 44.7 Å². The summed E-state index contributed by atoms with van der Waals surface area (Å²) in [5.74, 6) is 1.57. The molecule has 0 spiro atoms. The van der Waals surface area contributed by atoms with E-state index >= 15 is 0 Å². The quantitative estimate of drug-likeness (QED) is 0.258. The van der Waals surface area contributed by atoms with Crippen molar-refractivity contribution >= 4 is 40.0 Å². The summed E-state index contributed by atoms with van der Waals surface area (Å²) in [6.07, 6.45) is 5.17. The van der Waals surface area contributed by atoms with Crippen LogP contribution in [0, 0.1) is 5.82 Å². The molecule has 1 aliphatic heterocycles. The van der Waals surface area contributed by atoms with Gasteiger partial charge in [-0.2, -0.15) is 0 Å². The number of rotatable bonds is 8. The fourth-order valence-electron chi connectivity index (χ4n) is 4.69. The van der Waals surface area contributed by atoms with Crippen LogP contribution in [-0.4, -0.2) is 40.1 Å². The lowest BCUT2D eigenvalue weighted by atomic mass is 10.0. The molecule has 1 aromatic heterocycles. The van der Waals surface area contributed by atoms with Crippen LogP contribution in [0.25, 0.3) is 11.0 Å². The summed E-state index contributed by atoms with van der Waals surface area (Å²) < 4.78 is 20.8. The molecule has 2 aromatic carbocycles. The molecule has 176 valence electrons. The van der Waals surface area contributed by atoms with Gasteiger partial charge in [0.05, 0.1) is 17.6 Å². The number of benzene rings is 2. The first kappa shape index (κ1) is 23.2. The molecule has 1 saturated heterocycles. The highest BCUT2D eigenvalue weighted by molar-refractivity contribution is 14.1. The minimum absolute atomic E-state index is 0.212. The summed E-state index contributed by atoms with van der Waals surface area (Å²) in [5, 5.41) is 3.71. The molecule has 0 bridgehead atoms. The predicted octanol–water partition coefficient (Wildman–Crippen LogP) is 6.21. The van der Waals surface area contributed by atoms with Crippen LogP contribution in [0.15, 0.2) is 71.3 Å². The Labute approximate surface area is 213 Å². The van der Waals surface area contributed by atoms with Crippen LogP contribution in [0.3, 0.4) is 0 Å². The lowest BCUT2D eigenvalue weighted by Gasteiger charge is -2.32. The first-order valence-corrected chi connectivity index (χ1v) is 12.8. The van der Waals surface area contributed by atoms with E-state index in [9.17, 15) is 4.39 Å². The number of halogens is 2. The summed E-state index contributed by atoms with van der Waals surface area (Å²) in [5.41, 5.74) is 10.9. The largest absolute Gasteiger partial charge is 0.423 e. The maximum atomic E-state index is 13.4. The Bertz CT molecular complexity index is 1250. The monoisotopic (exact) mass is 570 g/mol. The highest BCUT2D eigenvalue weighted by atomic mass is 127. The number of nitrogens with one attached hydrogen (secondary N) is 1. The number of likely N-dealkylation sites (tertiary alicyclic amines) is 1. The molecule has 7 heteroatoms. The maximum Gasteiger partial charge on any atom is 0.204 e.